The summed E-state index contributed by atoms with van der Waals surface area (Å²) in [5, 5.41) is 0.724. The Balaban J connectivity index is 1.52. The van der Waals surface area contributed by atoms with Gasteiger partial charge < -0.3 is 14.2 Å². The maximum Gasteiger partial charge on any atom is 0.254 e. The van der Waals surface area contributed by atoms with Gasteiger partial charge in [-0.25, -0.2) is 0 Å². The Morgan fingerprint density at radius 2 is 1.68 bits per heavy atom. The van der Waals surface area contributed by atoms with Crippen LogP contribution < -0.4 is 0 Å². The Hall–Kier alpha value is -3.34. The van der Waals surface area contributed by atoms with Crippen molar-refractivity contribution < 1.29 is 9.53 Å². The van der Waals surface area contributed by atoms with Crippen LogP contribution in [0.2, 0.25) is 5.02 Å². The van der Waals surface area contributed by atoms with Gasteiger partial charge in [-0.15, -0.1) is 0 Å². The van der Waals surface area contributed by atoms with Crippen molar-refractivity contribution >= 4 is 17.5 Å². The lowest BCUT2D eigenvalue weighted by Gasteiger charge is -2.24. The van der Waals surface area contributed by atoms with Crippen molar-refractivity contribution in [2.24, 2.45) is 0 Å². The van der Waals surface area contributed by atoms with Gasteiger partial charge in [-0.1, -0.05) is 66.2 Å². The molecule has 0 saturated heterocycles. The number of amides is 1. The van der Waals surface area contributed by atoms with E-state index in [2.05, 4.69) is 28.8 Å². The number of hydrogen-bond donors (Lipinski definition) is 0. The van der Waals surface area contributed by atoms with Crippen molar-refractivity contribution in [2.45, 2.75) is 19.5 Å². The monoisotopic (exact) mass is 472 g/mol. The second-order valence-corrected chi connectivity index (χ2v) is 8.71. The fourth-order valence-electron chi connectivity index (χ4n) is 4.05. The van der Waals surface area contributed by atoms with Crippen molar-refractivity contribution in [3.63, 3.8) is 0 Å². The zero-order valence-electron chi connectivity index (χ0n) is 19.4. The van der Waals surface area contributed by atoms with Gasteiger partial charge >= 0.3 is 0 Å². The molecule has 1 heterocycles. The zero-order chi connectivity index (χ0) is 23.8. The third kappa shape index (κ3) is 6.16. The molecule has 0 aliphatic carbocycles. The number of aromatic nitrogens is 1. The minimum atomic E-state index is 0.0196. The molecule has 3 aromatic carbocycles. The second kappa shape index (κ2) is 11.7. The molecule has 1 aromatic heterocycles. The van der Waals surface area contributed by atoms with Crippen molar-refractivity contribution in [1.29, 1.82) is 0 Å². The number of ether oxygens (including phenoxy) is 1. The second-order valence-electron chi connectivity index (χ2n) is 8.27. The molecule has 0 radical (unpaired) electrons. The normalized spacial score (nSPS) is 10.9. The first kappa shape index (κ1) is 23.8. The van der Waals surface area contributed by atoms with Crippen molar-refractivity contribution in [1.82, 2.24) is 9.47 Å². The molecule has 0 bridgehead atoms. The number of rotatable bonds is 10. The molecule has 0 aliphatic rings. The smallest absolute Gasteiger partial charge is 0.254 e. The average Bonchev–Trinajstić information content (AvgIpc) is 3.30. The van der Waals surface area contributed by atoms with Crippen molar-refractivity contribution in [3.8, 4) is 11.1 Å². The number of carbonyl (C=O) groups excluding carboxylic acids is 1. The first-order valence-electron chi connectivity index (χ1n) is 11.5. The number of carbonyl (C=O) groups is 1. The average molecular weight is 473 g/mol. The predicted octanol–water partition coefficient (Wildman–Crippen LogP) is 6.54. The SMILES string of the molecule is COCCCN(Cc1cccn1Cc1cccc(Cl)c1)C(=O)c1ccc(-c2ccccc2)cc1. The molecule has 4 nitrogen and oxygen atoms in total. The Morgan fingerprint density at radius 3 is 2.41 bits per heavy atom. The van der Waals surface area contributed by atoms with E-state index < -0.39 is 0 Å². The number of halogens is 1. The summed E-state index contributed by atoms with van der Waals surface area (Å²) >= 11 is 6.17. The van der Waals surface area contributed by atoms with Gasteiger partial charge in [0.05, 0.1) is 6.54 Å². The fourth-order valence-corrected chi connectivity index (χ4v) is 4.26. The Morgan fingerprint density at radius 1 is 0.912 bits per heavy atom. The number of hydrogen-bond acceptors (Lipinski definition) is 2. The summed E-state index contributed by atoms with van der Waals surface area (Å²) in [6.45, 7) is 2.46. The van der Waals surface area contributed by atoms with Gasteiger partial charge in [-0.05, 0) is 59.5 Å². The topological polar surface area (TPSA) is 34.5 Å². The molecule has 174 valence electrons. The van der Waals surface area contributed by atoms with Crippen LogP contribution in [-0.4, -0.2) is 35.6 Å². The van der Waals surface area contributed by atoms with Crippen LogP contribution in [0.4, 0.5) is 0 Å². The summed E-state index contributed by atoms with van der Waals surface area (Å²) in [5.74, 6) is 0.0196. The van der Waals surface area contributed by atoms with E-state index in [4.69, 9.17) is 16.3 Å². The van der Waals surface area contributed by atoms with E-state index in [9.17, 15) is 4.79 Å². The Bertz CT molecular complexity index is 1200. The van der Waals surface area contributed by atoms with Gasteiger partial charge in [0.1, 0.15) is 0 Å². The molecule has 34 heavy (non-hydrogen) atoms. The first-order chi connectivity index (χ1) is 16.6. The maximum atomic E-state index is 13.5. The maximum absolute atomic E-state index is 13.5. The lowest BCUT2D eigenvalue weighted by Crippen LogP contribution is -2.33. The summed E-state index contributed by atoms with van der Waals surface area (Å²) in [6, 6.07) is 30.0. The summed E-state index contributed by atoms with van der Waals surface area (Å²) in [6.07, 6.45) is 2.82. The molecule has 0 spiro atoms. The van der Waals surface area contributed by atoms with Crippen molar-refractivity contribution in [2.75, 3.05) is 20.3 Å². The minimum absolute atomic E-state index is 0.0196. The molecule has 0 fully saturated rings. The summed E-state index contributed by atoms with van der Waals surface area (Å²) in [5.41, 5.74) is 5.12. The Labute approximate surface area is 206 Å². The van der Waals surface area contributed by atoms with Crippen LogP contribution in [0.3, 0.4) is 0 Å². The highest BCUT2D eigenvalue weighted by atomic mass is 35.5. The summed E-state index contributed by atoms with van der Waals surface area (Å²) in [4.78, 5) is 15.4. The summed E-state index contributed by atoms with van der Waals surface area (Å²) < 4.78 is 7.40. The predicted molar refractivity (Wildman–Crippen MR) is 138 cm³/mol. The van der Waals surface area contributed by atoms with Gasteiger partial charge in [0.2, 0.25) is 0 Å². The lowest BCUT2D eigenvalue weighted by atomic mass is 10.0. The summed E-state index contributed by atoms with van der Waals surface area (Å²) in [7, 11) is 1.69. The molecular weight excluding hydrogens is 444 g/mol. The largest absolute Gasteiger partial charge is 0.385 e. The lowest BCUT2D eigenvalue weighted by molar-refractivity contribution is 0.0720. The van der Waals surface area contributed by atoms with E-state index in [1.807, 2.05) is 77.8 Å². The Kier molecular flexibility index (Phi) is 8.18. The van der Waals surface area contributed by atoms with Crippen LogP contribution in [0.25, 0.3) is 11.1 Å². The van der Waals surface area contributed by atoms with Gasteiger partial charge in [-0.3, -0.25) is 4.79 Å². The van der Waals surface area contributed by atoms with Crippen molar-refractivity contribution in [3.05, 3.63) is 119 Å². The molecule has 0 unspecified atom stereocenters. The molecular formula is C29H29ClN2O2. The highest BCUT2D eigenvalue weighted by molar-refractivity contribution is 6.30. The van der Waals surface area contributed by atoms with Crippen LogP contribution in [0.5, 0.6) is 0 Å². The minimum Gasteiger partial charge on any atom is -0.385 e. The third-order valence-corrected chi connectivity index (χ3v) is 6.06. The molecule has 0 aliphatic heterocycles. The van der Waals surface area contributed by atoms with E-state index >= 15 is 0 Å². The first-order valence-corrected chi connectivity index (χ1v) is 11.8. The van der Waals surface area contributed by atoms with Crippen LogP contribution in [0, 0.1) is 0 Å². The number of benzene rings is 3. The van der Waals surface area contributed by atoms with E-state index in [1.54, 1.807) is 7.11 Å². The molecule has 4 aromatic rings. The van der Waals surface area contributed by atoms with Crippen LogP contribution in [-0.2, 0) is 17.8 Å². The third-order valence-electron chi connectivity index (χ3n) is 5.82. The van der Waals surface area contributed by atoms with E-state index in [0.29, 0.717) is 31.8 Å². The number of nitrogens with zero attached hydrogens (tertiary/aromatic N) is 2. The van der Waals surface area contributed by atoms with Gasteiger partial charge in [0.25, 0.3) is 5.91 Å². The van der Waals surface area contributed by atoms with E-state index in [-0.39, 0.29) is 5.91 Å². The van der Waals surface area contributed by atoms with Crippen LogP contribution >= 0.6 is 11.6 Å². The standard InChI is InChI=1S/C29H29ClN2O2/c1-34-19-7-18-32(22-28-12-6-17-31(28)21-23-8-5-11-27(30)20-23)29(33)26-15-13-25(14-16-26)24-9-3-2-4-10-24/h2-6,8-17,20H,7,18-19,21-22H2,1H3. The molecule has 0 N–H and O–H groups in total. The van der Waals surface area contributed by atoms with Gasteiger partial charge in [0, 0.05) is 49.3 Å². The molecule has 0 saturated carbocycles. The zero-order valence-corrected chi connectivity index (χ0v) is 20.1. The van der Waals surface area contributed by atoms with E-state index in [1.165, 1.54) is 0 Å². The van der Waals surface area contributed by atoms with E-state index in [0.717, 1.165) is 33.8 Å². The highest BCUT2D eigenvalue weighted by Gasteiger charge is 2.18. The molecule has 0 atom stereocenters. The van der Waals surface area contributed by atoms with Crippen LogP contribution in [0.1, 0.15) is 28.0 Å². The molecule has 4 rings (SSSR count). The van der Waals surface area contributed by atoms with Crippen LogP contribution in [0.15, 0.2) is 97.2 Å². The fraction of sp³-hybridized carbons (Fsp3) is 0.207. The van der Waals surface area contributed by atoms with Gasteiger partial charge in [0.15, 0.2) is 0 Å². The molecule has 1 amide bonds. The number of methoxy groups -OCH3 is 1. The molecule has 5 heteroatoms. The quantitative estimate of drug-likeness (QED) is 0.246. The van der Waals surface area contributed by atoms with Gasteiger partial charge in [-0.2, -0.15) is 0 Å². The highest BCUT2D eigenvalue weighted by Crippen LogP contribution is 2.21.